The van der Waals surface area contributed by atoms with Gasteiger partial charge < -0.3 is 5.73 Å². The van der Waals surface area contributed by atoms with Gasteiger partial charge >= 0.3 is 0 Å². The molecule has 3 heteroatoms. The predicted molar refractivity (Wildman–Crippen MR) is 77.5 cm³/mol. The first-order valence-electron chi connectivity index (χ1n) is 7.28. The van der Waals surface area contributed by atoms with Crippen LogP contribution in [0.4, 0.5) is 4.39 Å². The topological polar surface area (TPSA) is 29.3 Å². The number of nitrogens with zero attached hydrogens (tertiary/aromatic N) is 1. The van der Waals surface area contributed by atoms with Gasteiger partial charge in [0.25, 0.3) is 0 Å². The van der Waals surface area contributed by atoms with E-state index < -0.39 is 0 Å². The number of nitrogens with two attached hydrogens (primary N) is 1. The minimum atomic E-state index is -0.161. The van der Waals surface area contributed by atoms with E-state index in [1.807, 2.05) is 12.1 Å². The molecule has 106 valence electrons. The highest BCUT2D eigenvalue weighted by atomic mass is 19.1. The van der Waals surface area contributed by atoms with Crippen LogP contribution >= 0.6 is 0 Å². The predicted octanol–water partition coefficient (Wildman–Crippen LogP) is 2.67. The molecule has 2 rings (SSSR count). The first-order chi connectivity index (χ1) is 9.10. The summed E-state index contributed by atoms with van der Waals surface area (Å²) >= 11 is 0. The Kier molecular flexibility index (Phi) is 4.94. The number of piperidine rings is 1. The van der Waals surface area contributed by atoms with E-state index in [9.17, 15) is 4.39 Å². The fourth-order valence-corrected chi connectivity index (χ4v) is 2.98. The van der Waals surface area contributed by atoms with Crippen molar-refractivity contribution in [1.82, 2.24) is 4.90 Å². The minimum Gasteiger partial charge on any atom is -0.330 e. The van der Waals surface area contributed by atoms with Crippen LogP contribution in [0.2, 0.25) is 0 Å². The molecule has 0 radical (unpaired) electrons. The molecule has 0 bridgehead atoms. The van der Waals surface area contributed by atoms with Crippen LogP contribution in [0.25, 0.3) is 0 Å². The number of hydrogen-bond donors (Lipinski definition) is 1. The summed E-state index contributed by atoms with van der Waals surface area (Å²) in [6.07, 6.45) is 2.21. The largest absolute Gasteiger partial charge is 0.330 e. The maximum atomic E-state index is 12.9. The number of benzene rings is 1. The molecule has 19 heavy (non-hydrogen) atoms. The van der Waals surface area contributed by atoms with Crippen LogP contribution in [0.15, 0.2) is 24.3 Å². The molecule has 1 aromatic rings. The van der Waals surface area contributed by atoms with Crippen LogP contribution in [0.3, 0.4) is 0 Å². The lowest BCUT2D eigenvalue weighted by atomic mass is 9.86. The smallest absolute Gasteiger partial charge is 0.123 e. The van der Waals surface area contributed by atoms with Crippen LogP contribution < -0.4 is 5.73 Å². The Labute approximate surface area is 115 Å². The molecule has 1 aliphatic rings. The van der Waals surface area contributed by atoms with Crippen molar-refractivity contribution in [2.45, 2.75) is 32.7 Å². The summed E-state index contributed by atoms with van der Waals surface area (Å²) in [5.74, 6) is 1.19. The van der Waals surface area contributed by atoms with Crippen molar-refractivity contribution in [3.63, 3.8) is 0 Å². The van der Waals surface area contributed by atoms with Crippen LogP contribution in [0.1, 0.15) is 25.8 Å². The standard InChI is InChI=1S/C16H25FN2/c1-12-7-8-19(11-15(12)10-18)13(2)9-14-3-5-16(17)6-4-14/h3-6,12-13,15H,7-11,18H2,1-2H3. The van der Waals surface area contributed by atoms with Gasteiger partial charge in [0.2, 0.25) is 0 Å². The number of hydrogen-bond acceptors (Lipinski definition) is 2. The highest BCUT2D eigenvalue weighted by molar-refractivity contribution is 5.17. The number of halogens is 1. The van der Waals surface area contributed by atoms with Crippen LogP contribution in [-0.4, -0.2) is 30.6 Å². The van der Waals surface area contributed by atoms with Gasteiger partial charge in [-0.05, 0) is 62.4 Å². The summed E-state index contributed by atoms with van der Waals surface area (Å²) in [5.41, 5.74) is 7.06. The van der Waals surface area contributed by atoms with Gasteiger partial charge in [-0.15, -0.1) is 0 Å². The van der Waals surface area contributed by atoms with Crippen molar-refractivity contribution in [2.75, 3.05) is 19.6 Å². The molecule has 3 atom stereocenters. The average Bonchev–Trinajstić information content (AvgIpc) is 2.42. The fraction of sp³-hybridized carbons (Fsp3) is 0.625. The molecule has 1 aromatic carbocycles. The molecule has 0 saturated carbocycles. The number of likely N-dealkylation sites (tertiary alicyclic amines) is 1. The molecule has 3 unspecified atom stereocenters. The Morgan fingerprint density at radius 2 is 2.05 bits per heavy atom. The summed E-state index contributed by atoms with van der Waals surface area (Å²) < 4.78 is 12.9. The summed E-state index contributed by atoms with van der Waals surface area (Å²) in [7, 11) is 0. The number of rotatable bonds is 4. The van der Waals surface area contributed by atoms with Crippen molar-refractivity contribution >= 4 is 0 Å². The second kappa shape index (κ2) is 6.49. The van der Waals surface area contributed by atoms with Crippen molar-refractivity contribution in [1.29, 1.82) is 0 Å². The van der Waals surface area contributed by atoms with Gasteiger partial charge in [0.05, 0.1) is 0 Å². The molecule has 2 N–H and O–H groups in total. The van der Waals surface area contributed by atoms with Crippen molar-refractivity contribution in [3.05, 3.63) is 35.6 Å². The third-order valence-electron chi connectivity index (χ3n) is 4.52. The summed E-state index contributed by atoms with van der Waals surface area (Å²) in [5, 5.41) is 0. The third kappa shape index (κ3) is 3.77. The zero-order valence-electron chi connectivity index (χ0n) is 12.0. The molecular formula is C16H25FN2. The van der Waals surface area contributed by atoms with Gasteiger partial charge in [0.1, 0.15) is 5.82 Å². The minimum absolute atomic E-state index is 0.161. The van der Waals surface area contributed by atoms with E-state index in [1.165, 1.54) is 12.0 Å². The first kappa shape index (κ1) is 14.5. The molecular weight excluding hydrogens is 239 g/mol. The Balaban J connectivity index is 1.92. The lowest BCUT2D eigenvalue weighted by Crippen LogP contribution is -2.47. The van der Waals surface area contributed by atoms with E-state index in [2.05, 4.69) is 18.7 Å². The quantitative estimate of drug-likeness (QED) is 0.906. The van der Waals surface area contributed by atoms with E-state index in [-0.39, 0.29) is 5.82 Å². The summed E-state index contributed by atoms with van der Waals surface area (Å²) in [6.45, 7) is 7.59. The normalized spacial score (nSPS) is 26.3. The van der Waals surface area contributed by atoms with Gasteiger partial charge in [0.15, 0.2) is 0 Å². The zero-order chi connectivity index (χ0) is 13.8. The van der Waals surface area contributed by atoms with Gasteiger partial charge in [-0.1, -0.05) is 19.1 Å². The highest BCUT2D eigenvalue weighted by Gasteiger charge is 2.27. The lowest BCUT2D eigenvalue weighted by molar-refractivity contribution is 0.0977. The first-order valence-corrected chi connectivity index (χ1v) is 7.28. The molecule has 1 aliphatic heterocycles. The second-order valence-corrected chi connectivity index (χ2v) is 5.94. The summed E-state index contributed by atoms with van der Waals surface area (Å²) in [6, 6.07) is 7.36. The highest BCUT2D eigenvalue weighted by Crippen LogP contribution is 2.24. The second-order valence-electron chi connectivity index (χ2n) is 5.94. The summed E-state index contributed by atoms with van der Waals surface area (Å²) in [4.78, 5) is 2.53. The SMILES string of the molecule is CC1CCN(C(C)Cc2ccc(F)cc2)CC1CN. The zero-order valence-corrected chi connectivity index (χ0v) is 12.0. The van der Waals surface area contributed by atoms with E-state index >= 15 is 0 Å². The average molecular weight is 264 g/mol. The molecule has 0 aliphatic carbocycles. The van der Waals surface area contributed by atoms with Crippen LogP contribution in [0.5, 0.6) is 0 Å². The Bertz CT molecular complexity index is 390. The van der Waals surface area contributed by atoms with Crippen molar-refractivity contribution < 1.29 is 4.39 Å². The van der Waals surface area contributed by atoms with E-state index in [0.717, 1.165) is 32.0 Å². The maximum absolute atomic E-state index is 12.9. The van der Waals surface area contributed by atoms with E-state index in [1.54, 1.807) is 12.1 Å². The molecule has 0 spiro atoms. The fourth-order valence-electron chi connectivity index (χ4n) is 2.98. The van der Waals surface area contributed by atoms with E-state index in [0.29, 0.717) is 12.0 Å². The van der Waals surface area contributed by atoms with Crippen molar-refractivity contribution in [3.8, 4) is 0 Å². The van der Waals surface area contributed by atoms with Gasteiger partial charge in [-0.25, -0.2) is 4.39 Å². The molecule has 1 fully saturated rings. The van der Waals surface area contributed by atoms with Crippen molar-refractivity contribution in [2.24, 2.45) is 17.6 Å². The Morgan fingerprint density at radius 3 is 2.68 bits per heavy atom. The monoisotopic (exact) mass is 264 g/mol. The lowest BCUT2D eigenvalue weighted by Gasteiger charge is -2.40. The third-order valence-corrected chi connectivity index (χ3v) is 4.52. The molecule has 0 amide bonds. The molecule has 1 heterocycles. The molecule has 0 aromatic heterocycles. The van der Waals surface area contributed by atoms with Crippen LogP contribution in [-0.2, 0) is 6.42 Å². The van der Waals surface area contributed by atoms with Crippen LogP contribution in [0, 0.1) is 17.7 Å². The van der Waals surface area contributed by atoms with Gasteiger partial charge in [-0.2, -0.15) is 0 Å². The maximum Gasteiger partial charge on any atom is 0.123 e. The van der Waals surface area contributed by atoms with Gasteiger partial charge in [0, 0.05) is 12.6 Å². The Hall–Kier alpha value is -0.930. The van der Waals surface area contributed by atoms with Gasteiger partial charge in [-0.3, -0.25) is 4.90 Å². The molecule has 1 saturated heterocycles. The van der Waals surface area contributed by atoms with E-state index in [4.69, 9.17) is 5.73 Å². The molecule has 2 nitrogen and oxygen atoms in total. The Morgan fingerprint density at radius 1 is 1.37 bits per heavy atom.